The third kappa shape index (κ3) is 4.24. The molecule has 36 heavy (non-hydrogen) atoms. The maximum Gasteiger partial charge on any atom is 0.228 e. The van der Waals surface area contributed by atoms with Gasteiger partial charge in [-0.15, -0.1) is 5.54 Å². The van der Waals surface area contributed by atoms with Crippen LogP contribution < -0.4 is 5.32 Å². The van der Waals surface area contributed by atoms with Crippen molar-refractivity contribution < 1.29 is 4.39 Å². The molecule has 1 atom stereocenters. The van der Waals surface area contributed by atoms with Crippen LogP contribution in [0.15, 0.2) is 48.9 Å². The highest BCUT2D eigenvalue weighted by Crippen LogP contribution is 2.30. The Bertz CT molecular complexity index is 1670. The van der Waals surface area contributed by atoms with E-state index in [1.165, 1.54) is 34.4 Å². The Morgan fingerprint density at radius 3 is 2.83 bits per heavy atom. The molecular formula is C27H26FN7Si. The van der Waals surface area contributed by atoms with Crippen LogP contribution in [0, 0.1) is 17.3 Å². The number of benzene rings is 1. The predicted octanol–water partition coefficient (Wildman–Crippen LogP) is 5.01. The second-order valence-electron chi connectivity index (χ2n) is 10.3. The first-order valence-electron chi connectivity index (χ1n) is 12.1. The first kappa shape index (κ1) is 22.4. The number of rotatable bonds is 3. The Balaban J connectivity index is 1.42. The van der Waals surface area contributed by atoms with Crippen LogP contribution in [0.5, 0.6) is 0 Å². The molecule has 2 N–H and O–H groups in total. The molecule has 0 unspecified atom stereocenters. The van der Waals surface area contributed by atoms with Crippen molar-refractivity contribution >= 4 is 30.6 Å². The van der Waals surface area contributed by atoms with E-state index in [1.54, 1.807) is 16.9 Å². The van der Waals surface area contributed by atoms with E-state index in [-0.39, 0.29) is 6.04 Å². The molecule has 0 fully saturated rings. The second-order valence-corrected chi connectivity index (χ2v) is 15.0. The Morgan fingerprint density at radius 2 is 2.00 bits per heavy atom. The Hall–Kier alpha value is -4.03. The third-order valence-electron chi connectivity index (χ3n) is 6.33. The largest absolute Gasteiger partial charge is 0.358 e. The topological polar surface area (TPSA) is 83.8 Å². The predicted molar refractivity (Wildman–Crippen MR) is 142 cm³/mol. The molecule has 4 aromatic heterocycles. The number of anilines is 1. The SMILES string of the molecule is C[Si](C)(C)C#Cc1cnn2c(N[C@@H]3CCc4[nH]c5ccccc5c4C3)nc(-c3cncc(F)c3)nc12. The summed E-state index contributed by atoms with van der Waals surface area (Å²) in [6.07, 6.45) is 7.24. The first-order valence-corrected chi connectivity index (χ1v) is 15.6. The number of para-hydroxylation sites is 1. The zero-order valence-electron chi connectivity index (χ0n) is 20.4. The van der Waals surface area contributed by atoms with E-state index in [1.807, 2.05) is 0 Å². The summed E-state index contributed by atoms with van der Waals surface area (Å²) in [5.74, 6) is 3.79. The van der Waals surface area contributed by atoms with Crippen LogP contribution in [0.25, 0.3) is 27.9 Å². The van der Waals surface area contributed by atoms with Gasteiger partial charge in [0.15, 0.2) is 11.5 Å². The minimum absolute atomic E-state index is 0.161. The molecule has 0 amide bonds. The summed E-state index contributed by atoms with van der Waals surface area (Å²) < 4.78 is 15.7. The molecule has 5 aromatic rings. The first-order chi connectivity index (χ1) is 17.3. The molecule has 9 heteroatoms. The maximum absolute atomic E-state index is 14.0. The number of nitrogens with one attached hydrogen (secondary N) is 2. The molecule has 1 aromatic carbocycles. The van der Waals surface area contributed by atoms with Crippen LogP contribution >= 0.6 is 0 Å². The van der Waals surface area contributed by atoms with E-state index >= 15 is 0 Å². The van der Waals surface area contributed by atoms with Gasteiger partial charge >= 0.3 is 0 Å². The highest BCUT2D eigenvalue weighted by molar-refractivity contribution is 6.83. The lowest BCUT2D eigenvalue weighted by Gasteiger charge is -2.24. The molecular weight excluding hydrogens is 469 g/mol. The summed E-state index contributed by atoms with van der Waals surface area (Å²) in [5.41, 5.74) is 9.05. The van der Waals surface area contributed by atoms with E-state index in [0.29, 0.717) is 23.0 Å². The molecule has 0 spiro atoms. The van der Waals surface area contributed by atoms with E-state index in [4.69, 9.17) is 9.97 Å². The van der Waals surface area contributed by atoms with Crippen molar-refractivity contribution in [3.8, 4) is 22.9 Å². The van der Waals surface area contributed by atoms with Crippen molar-refractivity contribution in [2.45, 2.75) is 44.9 Å². The smallest absolute Gasteiger partial charge is 0.228 e. The number of H-pyrrole nitrogens is 1. The van der Waals surface area contributed by atoms with Gasteiger partial charge < -0.3 is 10.3 Å². The Morgan fingerprint density at radius 1 is 1.14 bits per heavy atom. The summed E-state index contributed by atoms with van der Waals surface area (Å²) in [5, 5.41) is 9.44. The minimum atomic E-state index is -1.60. The fourth-order valence-electron chi connectivity index (χ4n) is 4.65. The summed E-state index contributed by atoms with van der Waals surface area (Å²) in [6, 6.07) is 9.98. The quantitative estimate of drug-likeness (QED) is 0.272. The number of pyridine rings is 1. The number of nitrogens with zero attached hydrogens (tertiary/aromatic N) is 5. The van der Waals surface area contributed by atoms with E-state index in [0.717, 1.165) is 24.8 Å². The second kappa shape index (κ2) is 8.57. The van der Waals surface area contributed by atoms with Gasteiger partial charge in [0.25, 0.3) is 0 Å². The molecule has 1 aliphatic carbocycles. The fourth-order valence-corrected chi connectivity index (χ4v) is 5.16. The molecule has 180 valence electrons. The van der Waals surface area contributed by atoms with E-state index in [9.17, 15) is 4.39 Å². The summed E-state index contributed by atoms with van der Waals surface area (Å²) in [6.45, 7) is 6.58. The van der Waals surface area contributed by atoms with Crippen LogP contribution in [-0.2, 0) is 12.8 Å². The van der Waals surface area contributed by atoms with Gasteiger partial charge in [-0.25, -0.2) is 9.37 Å². The van der Waals surface area contributed by atoms with Gasteiger partial charge in [0.05, 0.1) is 18.0 Å². The van der Waals surface area contributed by atoms with E-state index < -0.39 is 13.9 Å². The van der Waals surface area contributed by atoms with Crippen molar-refractivity contribution in [2.75, 3.05) is 5.32 Å². The maximum atomic E-state index is 14.0. The zero-order chi connectivity index (χ0) is 24.9. The van der Waals surface area contributed by atoms with Crippen LogP contribution in [0.4, 0.5) is 10.3 Å². The molecule has 0 saturated carbocycles. The number of hydrogen-bond acceptors (Lipinski definition) is 5. The summed E-state index contributed by atoms with van der Waals surface area (Å²) in [7, 11) is -1.60. The molecule has 4 heterocycles. The van der Waals surface area contributed by atoms with Crippen LogP contribution in [0.2, 0.25) is 19.6 Å². The standard InChI is InChI=1S/C27H26FN7Si/c1-36(2,3)11-10-17-15-30-35-26(17)33-25(18-12-19(28)16-29-14-18)34-27(35)31-20-8-9-24-22(13-20)21-6-4-5-7-23(21)32-24/h4-7,12,14-16,20,32H,8-9,13H2,1-3H3,(H,31,33,34)/t20-/m1/s1. The molecule has 0 saturated heterocycles. The Labute approximate surface area is 209 Å². The van der Waals surface area contributed by atoms with Crippen LogP contribution in [-0.4, -0.2) is 43.7 Å². The molecule has 7 nitrogen and oxygen atoms in total. The molecule has 0 bridgehead atoms. The number of halogens is 1. The van der Waals surface area contributed by atoms with Crippen molar-refractivity contribution in [1.29, 1.82) is 0 Å². The number of fused-ring (bicyclic) bond motifs is 4. The average molecular weight is 496 g/mol. The van der Waals surface area contributed by atoms with Crippen molar-refractivity contribution in [2.24, 2.45) is 0 Å². The molecule has 0 aliphatic heterocycles. The van der Waals surface area contributed by atoms with Gasteiger partial charge in [0, 0.05) is 34.4 Å². The van der Waals surface area contributed by atoms with Crippen molar-refractivity contribution in [1.82, 2.24) is 29.5 Å². The summed E-state index contributed by atoms with van der Waals surface area (Å²) in [4.78, 5) is 17.0. The minimum Gasteiger partial charge on any atom is -0.358 e. The normalized spacial score (nSPS) is 15.5. The monoisotopic (exact) mass is 495 g/mol. The zero-order valence-corrected chi connectivity index (χ0v) is 21.4. The average Bonchev–Trinajstić information content (AvgIpc) is 3.43. The lowest BCUT2D eigenvalue weighted by Crippen LogP contribution is -2.29. The van der Waals surface area contributed by atoms with Crippen LogP contribution in [0.3, 0.4) is 0 Å². The van der Waals surface area contributed by atoms with Crippen molar-refractivity contribution in [3.05, 3.63) is 71.6 Å². The molecule has 6 rings (SSSR count). The van der Waals surface area contributed by atoms with Gasteiger partial charge in [-0.05, 0) is 37.0 Å². The lowest BCUT2D eigenvalue weighted by molar-refractivity contribution is 0.599. The number of aryl methyl sites for hydroxylation is 1. The number of hydrogen-bond donors (Lipinski definition) is 2. The highest BCUT2D eigenvalue weighted by Gasteiger charge is 2.24. The van der Waals surface area contributed by atoms with Crippen LogP contribution in [0.1, 0.15) is 23.2 Å². The third-order valence-corrected chi connectivity index (χ3v) is 7.21. The number of aromatic nitrogens is 6. The van der Waals surface area contributed by atoms with Gasteiger partial charge in [-0.1, -0.05) is 43.8 Å². The molecule has 1 aliphatic rings. The van der Waals surface area contributed by atoms with Crippen molar-refractivity contribution in [3.63, 3.8) is 0 Å². The fraction of sp³-hybridized carbons (Fsp3) is 0.259. The highest BCUT2D eigenvalue weighted by atomic mass is 28.3. The van der Waals surface area contributed by atoms with Gasteiger partial charge in [-0.2, -0.15) is 14.6 Å². The van der Waals surface area contributed by atoms with Gasteiger partial charge in [0.1, 0.15) is 13.9 Å². The summed E-state index contributed by atoms with van der Waals surface area (Å²) >= 11 is 0. The van der Waals surface area contributed by atoms with Gasteiger partial charge in [-0.3, -0.25) is 4.98 Å². The number of aromatic amines is 1. The van der Waals surface area contributed by atoms with E-state index in [2.05, 4.69) is 75.8 Å². The molecule has 0 radical (unpaired) electrons. The Kier molecular flexibility index (Phi) is 5.34. The van der Waals surface area contributed by atoms with Gasteiger partial charge in [0.2, 0.25) is 5.95 Å². The lowest BCUT2D eigenvalue weighted by atomic mass is 9.91.